The van der Waals surface area contributed by atoms with E-state index >= 15 is 0 Å². The molecule has 1 saturated carbocycles. The predicted molar refractivity (Wildman–Crippen MR) is 75.1 cm³/mol. The lowest BCUT2D eigenvalue weighted by Crippen LogP contribution is -2.48. The average molecular weight is 305 g/mol. The van der Waals surface area contributed by atoms with Crippen molar-refractivity contribution in [2.24, 2.45) is 5.41 Å². The molecule has 1 amide bonds. The van der Waals surface area contributed by atoms with Crippen molar-refractivity contribution in [2.45, 2.75) is 51.5 Å². The maximum Gasteiger partial charge on any atom is 0.326 e. The van der Waals surface area contributed by atoms with Gasteiger partial charge in [-0.15, -0.1) is 0 Å². The number of carboxylic acid groups (broad SMARTS) is 1. The third kappa shape index (κ3) is 5.11. The minimum absolute atomic E-state index is 0.101. The van der Waals surface area contributed by atoms with Crippen LogP contribution < -0.4 is 5.32 Å². The zero-order chi connectivity index (χ0) is 15.4. The van der Waals surface area contributed by atoms with Crippen molar-refractivity contribution in [3.05, 3.63) is 0 Å². The van der Waals surface area contributed by atoms with E-state index in [0.717, 1.165) is 38.4 Å². The highest BCUT2D eigenvalue weighted by Gasteiger charge is 2.36. The molecule has 1 rings (SSSR count). The largest absolute Gasteiger partial charge is 0.480 e. The lowest BCUT2D eigenvalue weighted by atomic mass is 9.75. The number of hydrogen-bond acceptors (Lipinski definition) is 4. The molecule has 0 aromatic heterocycles. The Morgan fingerprint density at radius 1 is 1.25 bits per heavy atom. The summed E-state index contributed by atoms with van der Waals surface area (Å²) < 4.78 is 22.2. The number of sulfone groups is 1. The van der Waals surface area contributed by atoms with Crippen LogP contribution in [0.2, 0.25) is 0 Å². The Morgan fingerprint density at radius 3 is 2.25 bits per heavy atom. The van der Waals surface area contributed by atoms with Crippen LogP contribution in [-0.2, 0) is 19.4 Å². The van der Waals surface area contributed by atoms with Crippen molar-refractivity contribution < 1.29 is 23.1 Å². The van der Waals surface area contributed by atoms with E-state index in [1.165, 1.54) is 0 Å². The number of nitrogens with one attached hydrogen (secondary N) is 1. The van der Waals surface area contributed by atoms with Crippen LogP contribution in [0.5, 0.6) is 0 Å². The molecule has 0 bridgehead atoms. The highest BCUT2D eigenvalue weighted by Crippen LogP contribution is 2.35. The Kier molecular flexibility index (Phi) is 5.56. The van der Waals surface area contributed by atoms with E-state index < -0.39 is 27.3 Å². The van der Waals surface area contributed by atoms with Crippen molar-refractivity contribution in [3.63, 3.8) is 0 Å². The Hall–Kier alpha value is -1.11. The van der Waals surface area contributed by atoms with Gasteiger partial charge < -0.3 is 10.4 Å². The van der Waals surface area contributed by atoms with Gasteiger partial charge in [-0.25, -0.2) is 13.2 Å². The first-order valence-corrected chi connectivity index (χ1v) is 8.92. The Morgan fingerprint density at radius 2 is 1.80 bits per heavy atom. The minimum atomic E-state index is -3.24. The summed E-state index contributed by atoms with van der Waals surface area (Å²) in [6.45, 7) is 1.84. The van der Waals surface area contributed by atoms with Crippen LogP contribution in [0.1, 0.15) is 45.4 Å². The third-order valence-corrected chi connectivity index (χ3v) is 4.86. The van der Waals surface area contributed by atoms with Gasteiger partial charge in [-0.2, -0.15) is 0 Å². The second-order valence-electron chi connectivity index (χ2n) is 5.90. The zero-order valence-corrected chi connectivity index (χ0v) is 12.8. The van der Waals surface area contributed by atoms with Crippen LogP contribution in [-0.4, -0.2) is 43.5 Å². The normalized spacial score (nSPS) is 20.1. The maximum atomic E-state index is 12.2. The highest BCUT2D eigenvalue weighted by atomic mass is 32.2. The fraction of sp³-hybridized carbons (Fsp3) is 0.846. The smallest absolute Gasteiger partial charge is 0.326 e. The number of carbonyl (C=O) groups excluding carboxylic acids is 1. The molecular weight excluding hydrogens is 282 g/mol. The van der Waals surface area contributed by atoms with Gasteiger partial charge in [0.05, 0.1) is 5.75 Å². The Balaban J connectivity index is 2.65. The second kappa shape index (κ2) is 6.56. The minimum Gasteiger partial charge on any atom is -0.480 e. The Labute approximate surface area is 119 Å². The molecule has 1 aliphatic carbocycles. The molecule has 0 aromatic rings. The van der Waals surface area contributed by atoms with Crippen LogP contribution >= 0.6 is 0 Å². The van der Waals surface area contributed by atoms with Crippen LogP contribution in [0.25, 0.3) is 0 Å². The number of aliphatic carboxylic acids is 1. The summed E-state index contributed by atoms with van der Waals surface area (Å²) in [7, 11) is -3.24. The summed E-state index contributed by atoms with van der Waals surface area (Å²) in [6, 6.07) is -1.14. The molecule has 1 unspecified atom stereocenters. The van der Waals surface area contributed by atoms with E-state index in [9.17, 15) is 18.0 Å². The van der Waals surface area contributed by atoms with Crippen LogP contribution in [0.15, 0.2) is 0 Å². The van der Waals surface area contributed by atoms with Gasteiger partial charge in [-0.1, -0.05) is 26.2 Å². The summed E-state index contributed by atoms with van der Waals surface area (Å²) in [5.74, 6) is -1.72. The third-order valence-electron chi connectivity index (χ3n) is 3.89. The highest BCUT2D eigenvalue weighted by molar-refractivity contribution is 7.90. The summed E-state index contributed by atoms with van der Waals surface area (Å²) in [4.78, 5) is 23.4. The lowest BCUT2D eigenvalue weighted by molar-refractivity contribution is -0.144. The van der Waals surface area contributed by atoms with Crippen molar-refractivity contribution in [2.75, 3.05) is 12.0 Å². The first-order chi connectivity index (χ1) is 9.14. The van der Waals surface area contributed by atoms with E-state index in [-0.39, 0.29) is 18.1 Å². The average Bonchev–Trinajstić information content (AvgIpc) is 2.33. The summed E-state index contributed by atoms with van der Waals surface area (Å²) in [5, 5.41) is 11.6. The molecule has 0 aliphatic heterocycles. The van der Waals surface area contributed by atoms with E-state index in [2.05, 4.69) is 5.32 Å². The number of hydrogen-bond donors (Lipinski definition) is 2. The molecule has 0 radical (unpaired) electrons. The molecular formula is C13H23NO5S. The molecule has 7 heteroatoms. The van der Waals surface area contributed by atoms with Gasteiger partial charge in [-0.05, 0) is 19.3 Å². The topological polar surface area (TPSA) is 101 Å². The van der Waals surface area contributed by atoms with Crippen molar-refractivity contribution in [1.82, 2.24) is 5.32 Å². The van der Waals surface area contributed by atoms with Crippen molar-refractivity contribution in [3.8, 4) is 0 Å². The van der Waals surface area contributed by atoms with Crippen LogP contribution in [0, 0.1) is 5.41 Å². The second-order valence-corrected chi connectivity index (χ2v) is 8.16. The number of carboxylic acids is 1. The molecule has 0 heterocycles. The molecule has 6 nitrogen and oxygen atoms in total. The van der Waals surface area contributed by atoms with E-state index in [1.807, 2.05) is 6.92 Å². The SMILES string of the molecule is CC1(C(=O)NC(CCS(C)(=O)=O)C(=O)O)CCCCC1. The molecule has 0 aromatic carbocycles. The summed E-state index contributed by atoms with van der Waals surface area (Å²) >= 11 is 0. The summed E-state index contributed by atoms with van der Waals surface area (Å²) in [6.07, 6.45) is 5.47. The molecule has 1 fully saturated rings. The first-order valence-electron chi connectivity index (χ1n) is 6.85. The van der Waals surface area contributed by atoms with Gasteiger partial charge in [0.25, 0.3) is 0 Å². The van der Waals surface area contributed by atoms with Gasteiger partial charge in [-0.3, -0.25) is 4.79 Å². The predicted octanol–water partition coefficient (Wildman–Crippen LogP) is 0.961. The molecule has 116 valence electrons. The number of carbonyl (C=O) groups is 2. The van der Waals surface area contributed by atoms with Gasteiger partial charge in [0.1, 0.15) is 15.9 Å². The van der Waals surface area contributed by atoms with E-state index in [0.29, 0.717) is 0 Å². The molecule has 0 saturated heterocycles. The van der Waals surface area contributed by atoms with Crippen LogP contribution in [0.4, 0.5) is 0 Å². The van der Waals surface area contributed by atoms with E-state index in [1.54, 1.807) is 0 Å². The summed E-state index contributed by atoms with van der Waals surface area (Å²) in [5.41, 5.74) is -0.531. The first kappa shape index (κ1) is 16.9. The van der Waals surface area contributed by atoms with Gasteiger partial charge in [0, 0.05) is 11.7 Å². The Bertz CT molecular complexity index is 465. The molecule has 2 N–H and O–H groups in total. The zero-order valence-electron chi connectivity index (χ0n) is 12.0. The molecule has 0 spiro atoms. The molecule has 1 atom stereocenters. The van der Waals surface area contributed by atoms with Gasteiger partial charge in [0.2, 0.25) is 5.91 Å². The van der Waals surface area contributed by atoms with E-state index in [4.69, 9.17) is 5.11 Å². The molecule has 20 heavy (non-hydrogen) atoms. The van der Waals surface area contributed by atoms with Crippen LogP contribution in [0.3, 0.4) is 0 Å². The number of rotatable bonds is 6. The fourth-order valence-electron chi connectivity index (χ4n) is 2.48. The van der Waals surface area contributed by atoms with Crippen molar-refractivity contribution >= 4 is 21.7 Å². The lowest BCUT2D eigenvalue weighted by Gasteiger charge is -2.33. The van der Waals surface area contributed by atoms with Gasteiger partial charge >= 0.3 is 5.97 Å². The molecule has 1 aliphatic rings. The number of amides is 1. The van der Waals surface area contributed by atoms with Crippen molar-refractivity contribution in [1.29, 1.82) is 0 Å². The standard InChI is InChI=1S/C13H23NO5S/c1-13(7-4-3-5-8-13)12(17)14-10(11(15)16)6-9-20(2,18)19/h10H,3-9H2,1-2H3,(H,14,17)(H,15,16). The quantitative estimate of drug-likeness (QED) is 0.761. The monoisotopic (exact) mass is 305 g/mol. The maximum absolute atomic E-state index is 12.2. The van der Waals surface area contributed by atoms with Gasteiger partial charge in [0.15, 0.2) is 0 Å². The fourth-order valence-corrected chi connectivity index (χ4v) is 3.14.